The van der Waals surface area contributed by atoms with Crippen LogP contribution in [0.3, 0.4) is 0 Å². The molecule has 1 aromatic carbocycles. The van der Waals surface area contributed by atoms with Crippen LogP contribution in [-0.2, 0) is 0 Å². The van der Waals surface area contributed by atoms with E-state index in [0.29, 0.717) is 0 Å². The lowest BCUT2D eigenvalue weighted by atomic mass is 10.2. The van der Waals surface area contributed by atoms with Gasteiger partial charge in [-0.05, 0) is 19.1 Å². The lowest BCUT2D eigenvalue weighted by molar-refractivity contribution is 0.725. The van der Waals surface area contributed by atoms with Crippen LogP contribution < -0.4 is 5.73 Å². The predicted molar refractivity (Wildman–Crippen MR) is 74.2 cm³/mol. The summed E-state index contributed by atoms with van der Waals surface area (Å²) in [7, 11) is 0. The first-order valence-electron chi connectivity index (χ1n) is 5.89. The van der Waals surface area contributed by atoms with Crippen LogP contribution in [0.4, 0.5) is 0 Å². The minimum Gasteiger partial charge on any atom is -0.318 e. The van der Waals surface area contributed by atoms with Crippen LogP contribution in [0.1, 0.15) is 21.6 Å². The van der Waals surface area contributed by atoms with E-state index in [2.05, 4.69) is 15.3 Å². The van der Waals surface area contributed by atoms with Gasteiger partial charge in [0.05, 0.1) is 28.6 Å². The van der Waals surface area contributed by atoms with Gasteiger partial charge in [0.15, 0.2) is 0 Å². The Labute approximate surface area is 114 Å². The molecular formula is C13H13N5S. The van der Waals surface area contributed by atoms with Crippen molar-refractivity contribution < 1.29 is 0 Å². The molecule has 0 amide bonds. The fourth-order valence-corrected chi connectivity index (χ4v) is 2.69. The van der Waals surface area contributed by atoms with E-state index in [1.54, 1.807) is 22.2 Å². The van der Waals surface area contributed by atoms with Gasteiger partial charge < -0.3 is 5.73 Å². The van der Waals surface area contributed by atoms with Gasteiger partial charge in [0, 0.05) is 11.1 Å². The van der Waals surface area contributed by atoms with Crippen LogP contribution in [-0.4, -0.2) is 20.0 Å². The molecule has 96 valence electrons. The smallest absolute Gasteiger partial charge is 0.0897 e. The number of hydrogen-bond donors (Lipinski definition) is 1. The number of aryl methyl sites for hydroxylation is 1. The molecule has 19 heavy (non-hydrogen) atoms. The Morgan fingerprint density at radius 1 is 1.21 bits per heavy atom. The largest absolute Gasteiger partial charge is 0.318 e. The molecule has 0 spiro atoms. The van der Waals surface area contributed by atoms with Gasteiger partial charge in [-0.2, -0.15) is 0 Å². The first-order chi connectivity index (χ1) is 9.25. The molecule has 2 aromatic heterocycles. The third kappa shape index (κ3) is 2.27. The minimum atomic E-state index is -0.263. The normalized spacial score (nSPS) is 12.5. The molecular weight excluding hydrogens is 258 g/mol. The van der Waals surface area contributed by atoms with Crippen molar-refractivity contribution in [1.82, 2.24) is 20.0 Å². The van der Waals surface area contributed by atoms with E-state index in [1.807, 2.05) is 43.5 Å². The molecule has 6 heteroatoms. The van der Waals surface area contributed by atoms with Gasteiger partial charge in [-0.15, -0.1) is 16.4 Å². The van der Waals surface area contributed by atoms with Crippen LogP contribution in [0.2, 0.25) is 0 Å². The van der Waals surface area contributed by atoms with E-state index in [-0.39, 0.29) is 6.04 Å². The fourth-order valence-electron chi connectivity index (χ4n) is 1.89. The Hall–Kier alpha value is -2.05. The monoisotopic (exact) mass is 271 g/mol. The maximum Gasteiger partial charge on any atom is 0.0897 e. The molecule has 0 aliphatic rings. The van der Waals surface area contributed by atoms with Gasteiger partial charge in [0.25, 0.3) is 0 Å². The maximum absolute atomic E-state index is 6.28. The third-order valence-corrected chi connectivity index (χ3v) is 3.84. The van der Waals surface area contributed by atoms with Crippen molar-refractivity contribution in [1.29, 1.82) is 0 Å². The van der Waals surface area contributed by atoms with Crippen molar-refractivity contribution in [3.63, 3.8) is 0 Å². The minimum absolute atomic E-state index is 0.263. The topological polar surface area (TPSA) is 69.6 Å². The molecule has 0 fully saturated rings. The molecule has 0 saturated carbocycles. The van der Waals surface area contributed by atoms with Crippen LogP contribution in [0.25, 0.3) is 5.69 Å². The molecule has 3 aromatic rings. The van der Waals surface area contributed by atoms with E-state index < -0.39 is 0 Å². The van der Waals surface area contributed by atoms with Gasteiger partial charge >= 0.3 is 0 Å². The van der Waals surface area contributed by atoms with E-state index in [9.17, 15) is 0 Å². The summed E-state index contributed by atoms with van der Waals surface area (Å²) in [6, 6.07) is 9.58. The van der Waals surface area contributed by atoms with Crippen molar-refractivity contribution in [2.45, 2.75) is 13.0 Å². The Morgan fingerprint density at radius 3 is 2.68 bits per heavy atom. The van der Waals surface area contributed by atoms with Crippen molar-refractivity contribution in [3.05, 3.63) is 58.3 Å². The zero-order chi connectivity index (χ0) is 13.2. The first kappa shape index (κ1) is 12.0. The second kappa shape index (κ2) is 4.91. The fraction of sp³-hybridized carbons (Fsp3) is 0.154. The van der Waals surface area contributed by atoms with Crippen LogP contribution in [0.5, 0.6) is 0 Å². The highest BCUT2D eigenvalue weighted by Gasteiger charge is 2.17. The number of aromatic nitrogens is 4. The number of nitrogens with zero attached hydrogens (tertiary/aromatic N) is 4. The standard InChI is InChI=1S/C13H13N5S/c1-9-15-8-12(19-9)13(14)11-7-16-17-18(11)10-5-3-2-4-6-10/h2-8,13H,14H2,1H3. The van der Waals surface area contributed by atoms with Crippen molar-refractivity contribution >= 4 is 11.3 Å². The molecule has 0 aliphatic carbocycles. The van der Waals surface area contributed by atoms with E-state index in [4.69, 9.17) is 5.73 Å². The summed E-state index contributed by atoms with van der Waals surface area (Å²) in [5.41, 5.74) is 8.09. The van der Waals surface area contributed by atoms with Gasteiger partial charge in [-0.25, -0.2) is 9.67 Å². The summed E-state index contributed by atoms with van der Waals surface area (Å²) in [6.07, 6.45) is 3.51. The van der Waals surface area contributed by atoms with Crippen molar-refractivity contribution in [3.8, 4) is 5.69 Å². The summed E-state index contributed by atoms with van der Waals surface area (Å²) in [4.78, 5) is 5.25. The summed E-state index contributed by atoms with van der Waals surface area (Å²) in [5, 5.41) is 9.08. The van der Waals surface area contributed by atoms with E-state index >= 15 is 0 Å². The van der Waals surface area contributed by atoms with E-state index in [1.165, 1.54) is 0 Å². The quantitative estimate of drug-likeness (QED) is 0.791. The lowest BCUT2D eigenvalue weighted by Crippen LogP contribution is -2.15. The maximum atomic E-state index is 6.28. The zero-order valence-electron chi connectivity index (χ0n) is 10.4. The lowest BCUT2D eigenvalue weighted by Gasteiger charge is -2.11. The summed E-state index contributed by atoms with van der Waals surface area (Å²) < 4.78 is 1.76. The number of para-hydroxylation sites is 1. The van der Waals surface area contributed by atoms with Crippen LogP contribution in [0.15, 0.2) is 42.7 Å². The molecule has 1 unspecified atom stereocenters. The van der Waals surface area contributed by atoms with Crippen molar-refractivity contribution in [2.24, 2.45) is 5.73 Å². The Bertz CT molecular complexity index is 673. The second-order valence-corrected chi connectivity index (χ2v) is 5.43. The first-order valence-corrected chi connectivity index (χ1v) is 6.71. The molecule has 3 rings (SSSR count). The number of nitrogens with two attached hydrogens (primary N) is 1. The average molecular weight is 271 g/mol. The molecule has 2 heterocycles. The third-order valence-electron chi connectivity index (χ3n) is 2.84. The highest BCUT2D eigenvalue weighted by Crippen LogP contribution is 2.25. The number of benzene rings is 1. The van der Waals surface area contributed by atoms with Gasteiger partial charge in [-0.3, -0.25) is 0 Å². The molecule has 5 nitrogen and oxygen atoms in total. The van der Waals surface area contributed by atoms with Crippen molar-refractivity contribution in [2.75, 3.05) is 0 Å². The Balaban J connectivity index is 2.01. The van der Waals surface area contributed by atoms with Gasteiger partial charge in [0.2, 0.25) is 0 Å². The highest BCUT2D eigenvalue weighted by molar-refractivity contribution is 7.11. The number of thiazole rings is 1. The summed E-state index contributed by atoms with van der Waals surface area (Å²) in [6.45, 7) is 1.97. The van der Waals surface area contributed by atoms with E-state index in [0.717, 1.165) is 21.3 Å². The van der Waals surface area contributed by atoms with Crippen LogP contribution in [0, 0.1) is 6.92 Å². The highest BCUT2D eigenvalue weighted by atomic mass is 32.1. The Kier molecular flexibility index (Phi) is 3.10. The summed E-state index contributed by atoms with van der Waals surface area (Å²) >= 11 is 1.59. The second-order valence-electron chi connectivity index (χ2n) is 4.17. The van der Waals surface area contributed by atoms with Gasteiger partial charge in [0.1, 0.15) is 0 Å². The average Bonchev–Trinajstić information content (AvgIpc) is 3.07. The molecule has 1 atom stereocenters. The van der Waals surface area contributed by atoms with Crippen LogP contribution >= 0.6 is 11.3 Å². The summed E-state index contributed by atoms with van der Waals surface area (Å²) in [5.74, 6) is 0. The predicted octanol–water partition coefficient (Wildman–Crippen LogP) is 2.08. The Morgan fingerprint density at radius 2 is 2.00 bits per heavy atom. The molecule has 0 aliphatic heterocycles. The number of hydrogen-bond acceptors (Lipinski definition) is 5. The molecule has 0 saturated heterocycles. The molecule has 2 N–H and O–H groups in total. The molecule has 0 radical (unpaired) electrons. The molecule has 0 bridgehead atoms. The zero-order valence-corrected chi connectivity index (χ0v) is 11.2. The van der Waals surface area contributed by atoms with Gasteiger partial charge in [-0.1, -0.05) is 23.4 Å². The SMILES string of the molecule is Cc1ncc(C(N)c2cnnn2-c2ccccc2)s1. The number of rotatable bonds is 3.